The lowest BCUT2D eigenvalue weighted by molar-refractivity contribution is 0.0955. The Bertz CT molecular complexity index is 553. The van der Waals surface area contributed by atoms with Crippen molar-refractivity contribution in [2.45, 2.75) is 33.6 Å². The summed E-state index contributed by atoms with van der Waals surface area (Å²) in [6.45, 7) is 6.23. The highest BCUT2D eigenvalue weighted by Gasteiger charge is 2.02. The molecule has 1 amide bonds. The number of allylic oxidation sites excluding steroid dienone is 4. The zero-order valence-corrected chi connectivity index (χ0v) is 13.4. The molecule has 0 saturated carbocycles. The number of hydrogen-bond acceptors (Lipinski definition) is 2. The maximum absolute atomic E-state index is 11.8. The van der Waals surface area contributed by atoms with Gasteiger partial charge >= 0.3 is 0 Å². The van der Waals surface area contributed by atoms with Crippen LogP contribution in [0.4, 0.5) is 0 Å². The molecule has 0 heterocycles. The molecule has 112 valence electrons. The normalized spacial score (nSPS) is 11.5. The zero-order valence-electron chi connectivity index (χ0n) is 12.7. The average Bonchev–Trinajstić information content (AvgIpc) is 2.43. The molecular formula is C17H21ClN2O. The molecule has 0 radical (unpaired) electrons. The van der Waals surface area contributed by atoms with Crippen molar-refractivity contribution in [3.63, 3.8) is 0 Å². The van der Waals surface area contributed by atoms with Gasteiger partial charge in [-0.05, 0) is 64.0 Å². The molecule has 1 aromatic rings. The molecule has 21 heavy (non-hydrogen) atoms. The fraction of sp³-hybridized carbons (Fsp3) is 0.294. The molecule has 0 aliphatic carbocycles. The van der Waals surface area contributed by atoms with Crippen LogP contribution in [0.1, 0.15) is 44.0 Å². The van der Waals surface area contributed by atoms with Gasteiger partial charge in [0.25, 0.3) is 5.91 Å². The Balaban J connectivity index is 2.41. The number of nitrogens with one attached hydrogen (secondary N) is 1. The van der Waals surface area contributed by atoms with Crippen molar-refractivity contribution in [1.29, 1.82) is 0 Å². The molecule has 0 aromatic heterocycles. The van der Waals surface area contributed by atoms with Gasteiger partial charge < -0.3 is 0 Å². The Morgan fingerprint density at radius 3 is 2.52 bits per heavy atom. The third-order valence-corrected chi connectivity index (χ3v) is 3.05. The number of benzene rings is 1. The van der Waals surface area contributed by atoms with Crippen molar-refractivity contribution < 1.29 is 4.79 Å². The van der Waals surface area contributed by atoms with E-state index in [1.165, 1.54) is 11.1 Å². The minimum Gasteiger partial charge on any atom is -0.267 e. The van der Waals surface area contributed by atoms with Gasteiger partial charge in [0, 0.05) is 16.8 Å². The third-order valence-electron chi connectivity index (χ3n) is 2.80. The summed E-state index contributed by atoms with van der Waals surface area (Å²) in [5, 5.41) is 4.51. The van der Waals surface area contributed by atoms with Crippen molar-refractivity contribution in [3.05, 3.63) is 58.1 Å². The monoisotopic (exact) mass is 304 g/mol. The summed E-state index contributed by atoms with van der Waals surface area (Å²) in [5.41, 5.74) is 5.55. The largest absolute Gasteiger partial charge is 0.271 e. The van der Waals surface area contributed by atoms with Crippen LogP contribution < -0.4 is 5.43 Å². The highest BCUT2D eigenvalue weighted by molar-refractivity contribution is 6.30. The summed E-state index contributed by atoms with van der Waals surface area (Å²) in [6, 6.07) is 6.67. The molecule has 0 aliphatic rings. The molecule has 0 bridgehead atoms. The SMILES string of the molecule is CC(C)=CCCC(C)=CC=NNC(=O)c1ccc(Cl)cc1. The van der Waals surface area contributed by atoms with Crippen LogP contribution in [0.25, 0.3) is 0 Å². The van der Waals surface area contributed by atoms with Gasteiger partial charge in [0.15, 0.2) is 0 Å². The summed E-state index contributed by atoms with van der Waals surface area (Å²) in [5.74, 6) is -0.251. The Hall–Kier alpha value is -1.87. The van der Waals surface area contributed by atoms with Crippen LogP contribution in [0.3, 0.4) is 0 Å². The highest BCUT2D eigenvalue weighted by Crippen LogP contribution is 2.09. The van der Waals surface area contributed by atoms with Crippen LogP contribution in [-0.4, -0.2) is 12.1 Å². The Morgan fingerprint density at radius 1 is 1.24 bits per heavy atom. The van der Waals surface area contributed by atoms with Gasteiger partial charge in [0.2, 0.25) is 0 Å². The van der Waals surface area contributed by atoms with E-state index in [0.29, 0.717) is 10.6 Å². The number of nitrogens with zero attached hydrogens (tertiary/aromatic N) is 1. The molecule has 0 fully saturated rings. The Labute approximate surface area is 131 Å². The van der Waals surface area contributed by atoms with Crippen LogP contribution in [0, 0.1) is 0 Å². The van der Waals surface area contributed by atoms with Crippen LogP contribution in [-0.2, 0) is 0 Å². The van der Waals surface area contributed by atoms with Crippen LogP contribution in [0.5, 0.6) is 0 Å². The molecule has 0 atom stereocenters. The topological polar surface area (TPSA) is 41.5 Å². The van der Waals surface area contributed by atoms with E-state index in [0.717, 1.165) is 12.8 Å². The molecule has 0 unspecified atom stereocenters. The average molecular weight is 305 g/mol. The second-order valence-electron chi connectivity index (χ2n) is 5.06. The van der Waals surface area contributed by atoms with E-state index in [2.05, 4.69) is 30.5 Å². The standard InChI is InChI=1S/C17H21ClN2O/c1-13(2)5-4-6-14(3)11-12-19-20-17(21)15-7-9-16(18)10-8-15/h5,7-12H,4,6H2,1-3H3,(H,20,21). The van der Waals surface area contributed by atoms with Gasteiger partial charge in [-0.1, -0.05) is 28.8 Å². The van der Waals surface area contributed by atoms with Crippen molar-refractivity contribution in [3.8, 4) is 0 Å². The second-order valence-corrected chi connectivity index (χ2v) is 5.50. The summed E-state index contributed by atoms with van der Waals surface area (Å²) in [6.07, 6.45) is 7.72. The molecule has 0 saturated heterocycles. The Morgan fingerprint density at radius 2 is 1.90 bits per heavy atom. The molecular weight excluding hydrogens is 284 g/mol. The third kappa shape index (κ3) is 7.47. The van der Waals surface area contributed by atoms with E-state index in [9.17, 15) is 4.79 Å². The summed E-state index contributed by atoms with van der Waals surface area (Å²) in [4.78, 5) is 11.8. The first-order valence-electron chi connectivity index (χ1n) is 6.87. The number of rotatable bonds is 6. The van der Waals surface area contributed by atoms with Gasteiger partial charge in [-0.3, -0.25) is 4.79 Å². The maximum atomic E-state index is 11.8. The molecule has 0 spiro atoms. The number of hydrogen-bond donors (Lipinski definition) is 1. The van der Waals surface area contributed by atoms with Crippen LogP contribution in [0.15, 0.2) is 52.7 Å². The fourth-order valence-electron chi connectivity index (χ4n) is 1.60. The molecule has 3 nitrogen and oxygen atoms in total. The van der Waals surface area contributed by atoms with Crippen molar-refractivity contribution in [1.82, 2.24) is 5.43 Å². The van der Waals surface area contributed by atoms with Gasteiger partial charge in [-0.25, -0.2) is 5.43 Å². The first-order chi connectivity index (χ1) is 9.99. The number of carbonyl (C=O) groups is 1. The van der Waals surface area contributed by atoms with E-state index >= 15 is 0 Å². The number of carbonyl (C=O) groups excluding carboxylic acids is 1. The van der Waals surface area contributed by atoms with Crippen molar-refractivity contribution in [2.75, 3.05) is 0 Å². The van der Waals surface area contributed by atoms with Gasteiger partial charge in [-0.2, -0.15) is 5.10 Å². The Kier molecular flexibility index (Phi) is 7.48. The molecule has 1 rings (SSSR count). The van der Waals surface area contributed by atoms with E-state index in [1.54, 1.807) is 30.5 Å². The number of amides is 1. The van der Waals surface area contributed by atoms with E-state index in [-0.39, 0.29) is 5.91 Å². The summed E-state index contributed by atoms with van der Waals surface area (Å²) < 4.78 is 0. The minimum absolute atomic E-state index is 0.251. The lowest BCUT2D eigenvalue weighted by Gasteiger charge is -1.99. The molecule has 1 aromatic carbocycles. The fourth-order valence-corrected chi connectivity index (χ4v) is 1.72. The number of halogens is 1. The van der Waals surface area contributed by atoms with E-state index in [4.69, 9.17) is 11.6 Å². The first kappa shape index (κ1) is 17.2. The molecule has 1 N–H and O–H groups in total. The van der Waals surface area contributed by atoms with Crippen LogP contribution >= 0.6 is 11.6 Å². The quantitative estimate of drug-likeness (QED) is 0.460. The van der Waals surface area contributed by atoms with Crippen molar-refractivity contribution >= 4 is 23.7 Å². The summed E-state index contributed by atoms with van der Waals surface area (Å²) >= 11 is 5.77. The lowest BCUT2D eigenvalue weighted by atomic mass is 10.1. The maximum Gasteiger partial charge on any atom is 0.271 e. The van der Waals surface area contributed by atoms with Crippen molar-refractivity contribution in [2.24, 2.45) is 5.10 Å². The second kappa shape index (κ2) is 9.14. The van der Waals surface area contributed by atoms with Gasteiger partial charge in [0.1, 0.15) is 0 Å². The number of hydrazone groups is 1. The van der Waals surface area contributed by atoms with E-state index < -0.39 is 0 Å². The molecule has 4 heteroatoms. The highest BCUT2D eigenvalue weighted by atomic mass is 35.5. The molecule has 0 aliphatic heterocycles. The smallest absolute Gasteiger partial charge is 0.267 e. The van der Waals surface area contributed by atoms with E-state index in [1.807, 2.05) is 13.0 Å². The first-order valence-corrected chi connectivity index (χ1v) is 7.25. The van der Waals surface area contributed by atoms with Gasteiger partial charge in [-0.15, -0.1) is 0 Å². The minimum atomic E-state index is -0.251. The predicted molar refractivity (Wildman–Crippen MR) is 89.8 cm³/mol. The van der Waals surface area contributed by atoms with Crippen LogP contribution in [0.2, 0.25) is 5.02 Å². The van der Waals surface area contributed by atoms with Gasteiger partial charge in [0.05, 0.1) is 0 Å². The zero-order chi connectivity index (χ0) is 15.7. The summed E-state index contributed by atoms with van der Waals surface area (Å²) in [7, 11) is 0. The lowest BCUT2D eigenvalue weighted by Crippen LogP contribution is -2.17. The predicted octanol–water partition coefficient (Wildman–Crippen LogP) is 4.75.